The number of anilines is 1. The molecular formula is C16H18ClN3O. The zero-order valence-electron chi connectivity index (χ0n) is 12.2. The van der Waals surface area contributed by atoms with Crippen LogP contribution in [0.4, 0.5) is 5.69 Å². The molecule has 2 aromatic rings. The first kappa shape index (κ1) is 14.1. The molecular weight excluding hydrogens is 286 g/mol. The molecule has 1 unspecified atom stereocenters. The topological polar surface area (TPSA) is 38.1 Å². The standard InChI is InChI=1S/C16H18ClN3O/c1-11-3-5-13(17)9-14(11)19(2)16(21)12-4-6-15-18-7-8-20(15)10-12/h3,5,7-9,12H,4,6,10H2,1-2H3. The van der Waals surface area contributed by atoms with Crippen molar-refractivity contribution in [3.05, 3.63) is 47.0 Å². The summed E-state index contributed by atoms with van der Waals surface area (Å²) >= 11 is 6.05. The highest BCUT2D eigenvalue weighted by molar-refractivity contribution is 6.31. The fourth-order valence-corrected chi connectivity index (χ4v) is 3.07. The zero-order valence-corrected chi connectivity index (χ0v) is 13.0. The maximum absolute atomic E-state index is 12.7. The van der Waals surface area contributed by atoms with Gasteiger partial charge in [-0.2, -0.15) is 0 Å². The molecule has 0 fully saturated rings. The van der Waals surface area contributed by atoms with Crippen LogP contribution in [0.5, 0.6) is 0 Å². The molecule has 2 heterocycles. The average Bonchev–Trinajstić information content (AvgIpc) is 2.95. The van der Waals surface area contributed by atoms with Crippen molar-refractivity contribution in [2.45, 2.75) is 26.3 Å². The second-order valence-electron chi connectivity index (χ2n) is 5.56. The number of fused-ring (bicyclic) bond motifs is 1. The Labute approximate surface area is 129 Å². The number of hydrogen-bond donors (Lipinski definition) is 0. The lowest BCUT2D eigenvalue weighted by Crippen LogP contribution is -2.37. The third-order valence-electron chi connectivity index (χ3n) is 4.15. The van der Waals surface area contributed by atoms with Gasteiger partial charge in [0, 0.05) is 43.1 Å². The van der Waals surface area contributed by atoms with Crippen LogP contribution < -0.4 is 4.90 Å². The molecule has 3 rings (SSSR count). The SMILES string of the molecule is Cc1ccc(Cl)cc1N(C)C(=O)C1CCc2nccn2C1. The average molecular weight is 304 g/mol. The zero-order chi connectivity index (χ0) is 15.0. The van der Waals surface area contributed by atoms with Crippen molar-refractivity contribution >= 4 is 23.2 Å². The molecule has 1 aliphatic rings. The fraction of sp³-hybridized carbons (Fsp3) is 0.375. The molecule has 0 bridgehead atoms. The Balaban J connectivity index is 1.81. The molecule has 1 aromatic heterocycles. The number of carbonyl (C=O) groups excluding carboxylic acids is 1. The van der Waals surface area contributed by atoms with E-state index < -0.39 is 0 Å². The van der Waals surface area contributed by atoms with Gasteiger partial charge in [-0.15, -0.1) is 0 Å². The quantitative estimate of drug-likeness (QED) is 0.855. The summed E-state index contributed by atoms with van der Waals surface area (Å²) < 4.78 is 2.07. The Morgan fingerprint density at radius 3 is 3.10 bits per heavy atom. The summed E-state index contributed by atoms with van der Waals surface area (Å²) in [5.74, 6) is 1.20. The van der Waals surface area contributed by atoms with Crippen LogP contribution in [0.15, 0.2) is 30.6 Å². The third kappa shape index (κ3) is 2.68. The summed E-state index contributed by atoms with van der Waals surface area (Å²) in [5.41, 5.74) is 1.93. The predicted molar refractivity (Wildman–Crippen MR) is 83.6 cm³/mol. The first-order chi connectivity index (χ1) is 10.1. The Hall–Kier alpha value is -1.81. The lowest BCUT2D eigenvalue weighted by atomic mass is 9.97. The molecule has 0 saturated carbocycles. The van der Waals surface area contributed by atoms with Gasteiger partial charge in [0.15, 0.2) is 0 Å². The van der Waals surface area contributed by atoms with Crippen LogP contribution in [-0.2, 0) is 17.8 Å². The van der Waals surface area contributed by atoms with Crippen LogP contribution in [0.3, 0.4) is 0 Å². The molecule has 21 heavy (non-hydrogen) atoms. The minimum absolute atomic E-state index is 0.00455. The minimum Gasteiger partial charge on any atom is -0.334 e. The molecule has 1 amide bonds. The molecule has 4 nitrogen and oxygen atoms in total. The molecule has 0 N–H and O–H groups in total. The van der Waals surface area contributed by atoms with E-state index in [4.69, 9.17) is 11.6 Å². The lowest BCUT2D eigenvalue weighted by molar-refractivity contribution is -0.123. The van der Waals surface area contributed by atoms with Gasteiger partial charge >= 0.3 is 0 Å². The number of aromatic nitrogens is 2. The predicted octanol–water partition coefficient (Wildman–Crippen LogP) is 3.07. The van der Waals surface area contributed by atoms with Crippen LogP contribution in [-0.4, -0.2) is 22.5 Å². The van der Waals surface area contributed by atoms with Crippen LogP contribution in [0.2, 0.25) is 5.02 Å². The van der Waals surface area contributed by atoms with E-state index in [-0.39, 0.29) is 11.8 Å². The molecule has 1 aliphatic heterocycles. The first-order valence-electron chi connectivity index (χ1n) is 7.10. The van der Waals surface area contributed by atoms with Gasteiger partial charge < -0.3 is 9.47 Å². The van der Waals surface area contributed by atoms with Crippen molar-refractivity contribution in [3.63, 3.8) is 0 Å². The maximum atomic E-state index is 12.7. The van der Waals surface area contributed by atoms with Crippen molar-refractivity contribution in [3.8, 4) is 0 Å². The minimum atomic E-state index is -0.00455. The van der Waals surface area contributed by atoms with Crippen molar-refractivity contribution in [1.82, 2.24) is 9.55 Å². The van der Waals surface area contributed by atoms with Gasteiger partial charge in [0.25, 0.3) is 0 Å². The summed E-state index contributed by atoms with van der Waals surface area (Å²) in [7, 11) is 1.82. The second-order valence-corrected chi connectivity index (χ2v) is 6.00. The first-order valence-corrected chi connectivity index (χ1v) is 7.48. The summed E-state index contributed by atoms with van der Waals surface area (Å²) in [6.45, 7) is 2.70. The summed E-state index contributed by atoms with van der Waals surface area (Å²) in [4.78, 5) is 18.8. The number of nitrogens with zero attached hydrogens (tertiary/aromatic N) is 3. The summed E-state index contributed by atoms with van der Waals surface area (Å²) in [6, 6.07) is 5.63. The van der Waals surface area contributed by atoms with E-state index in [9.17, 15) is 4.79 Å². The normalized spacial score (nSPS) is 17.4. The van der Waals surface area contributed by atoms with E-state index >= 15 is 0 Å². The molecule has 1 aromatic carbocycles. The molecule has 0 aliphatic carbocycles. The van der Waals surface area contributed by atoms with Gasteiger partial charge in [0.1, 0.15) is 5.82 Å². The highest BCUT2D eigenvalue weighted by atomic mass is 35.5. The summed E-state index contributed by atoms with van der Waals surface area (Å²) in [5, 5.41) is 0.649. The van der Waals surface area contributed by atoms with E-state index in [1.807, 2.05) is 38.4 Å². The van der Waals surface area contributed by atoms with Crippen LogP contribution in [0, 0.1) is 12.8 Å². The molecule has 0 radical (unpaired) electrons. The molecule has 0 spiro atoms. The molecule has 110 valence electrons. The lowest BCUT2D eigenvalue weighted by Gasteiger charge is -2.28. The second kappa shape index (κ2) is 5.53. The number of hydrogen-bond acceptors (Lipinski definition) is 2. The highest BCUT2D eigenvalue weighted by Crippen LogP contribution is 2.27. The van der Waals surface area contributed by atoms with Gasteiger partial charge in [0.05, 0.1) is 5.92 Å². The molecule has 5 heteroatoms. The van der Waals surface area contributed by atoms with Gasteiger partial charge in [0.2, 0.25) is 5.91 Å². The highest BCUT2D eigenvalue weighted by Gasteiger charge is 2.28. The van der Waals surface area contributed by atoms with E-state index in [0.717, 1.165) is 29.9 Å². The number of carbonyl (C=O) groups is 1. The smallest absolute Gasteiger partial charge is 0.231 e. The van der Waals surface area contributed by atoms with Crippen molar-refractivity contribution in [1.29, 1.82) is 0 Å². The van der Waals surface area contributed by atoms with E-state index in [1.165, 1.54) is 0 Å². The van der Waals surface area contributed by atoms with Crippen LogP contribution >= 0.6 is 11.6 Å². The van der Waals surface area contributed by atoms with Gasteiger partial charge in [-0.25, -0.2) is 4.98 Å². The number of benzene rings is 1. The fourth-order valence-electron chi connectivity index (χ4n) is 2.90. The Morgan fingerprint density at radius 2 is 2.29 bits per heavy atom. The Bertz CT molecular complexity index is 680. The van der Waals surface area contributed by atoms with Crippen LogP contribution in [0.25, 0.3) is 0 Å². The Kier molecular flexibility index (Phi) is 3.72. The molecule has 0 saturated heterocycles. The van der Waals surface area contributed by atoms with E-state index in [2.05, 4.69) is 9.55 Å². The molecule has 1 atom stereocenters. The van der Waals surface area contributed by atoms with Crippen LogP contribution in [0.1, 0.15) is 17.8 Å². The van der Waals surface area contributed by atoms with Gasteiger partial charge in [-0.1, -0.05) is 17.7 Å². The van der Waals surface area contributed by atoms with Crippen molar-refractivity contribution < 1.29 is 4.79 Å². The monoisotopic (exact) mass is 303 g/mol. The number of aryl methyl sites for hydroxylation is 2. The largest absolute Gasteiger partial charge is 0.334 e. The summed E-state index contributed by atoms with van der Waals surface area (Å²) in [6.07, 6.45) is 5.44. The van der Waals surface area contributed by atoms with Crippen molar-refractivity contribution in [2.24, 2.45) is 5.92 Å². The number of imidazole rings is 1. The third-order valence-corrected chi connectivity index (χ3v) is 4.38. The van der Waals surface area contributed by atoms with Gasteiger partial charge in [-0.05, 0) is 31.0 Å². The van der Waals surface area contributed by atoms with Gasteiger partial charge in [-0.3, -0.25) is 4.79 Å². The number of rotatable bonds is 2. The van der Waals surface area contributed by atoms with E-state index in [1.54, 1.807) is 11.1 Å². The number of amides is 1. The van der Waals surface area contributed by atoms with Crippen molar-refractivity contribution in [2.75, 3.05) is 11.9 Å². The van der Waals surface area contributed by atoms with E-state index in [0.29, 0.717) is 11.6 Å². The number of halogens is 1. The Morgan fingerprint density at radius 1 is 1.48 bits per heavy atom. The maximum Gasteiger partial charge on any atom is 0.231 e.